The highest BCUT2D eigenvalue weighted by atomic mass is 19.1. The van der Waals surface area contributed by atoms with Crippen molar-refractivity contribution in [3.05, 3.63) is 29.8 Å². The fourth-order valence-corrected chi connectivity index (χ4v) is 3.01. The third-order valence-electron chi connectivity index (χ3n) is 4.17. The van der Waals surface area contributed by atoms with Gasteiger partial charge in [-0.25, -0.2) is 9.37 Å². The average Bonchev–Trinajstić information content (AvgIpc) is 3.24. The zero-order valence-corrected chi connectivity index (χ0v) is 11.6. The fraction of sp³-hybridized carbons (Fsp3) is 0.467. The van der Waals surface area contributed by atoms with Gasteiger partial charge in [-0.05, 0) is 25.0 Å². The van der Waals surface area contributed by atoms with Crippen LogP contribution in [0.5, 0.6) is 0 Å². The lowest BCUT2D eigenvalue weighted by molar-refractivity contribution is -0.124. The van der Waals surface area contributed by atoms with E-state index in [0.717, 1.165) is 30.7 Å². The van der Waals surface area contributed by atoms with Crippen LogP contribution < -0.4 is 10.6 Å². The Kier molecular flexibility index (Phi) is 2.92. The van der Waals surface area contributed by atoms with Crippen molar-refractivity contribution in [3.8, 4) is 0 Å². The summed E-state index contributed by atoms with van der Waals surface area (Å²) in [6, 6.07) is 5.17. The molecule has 1 saturated heterocycles. The van der Waals surface area contributed by atoms with E-state index in [0.29, 0.717) is 24.5 Å². The lowest BCUT2D eigenvalue weighted by atomic mass is 10.1. The second kappa shape index (κ2) is 4.80. The summed E-state index contributed by atoms with van der Waals surface area (Å²) >= 11 is 0. The summed E-state index contributed by atoms with van der Waals surface area (Å²) in [5.41, 5.74) is 1.25. The number of benzene rings is 1. The van der Waals surface area contributed by atoms with Crippen molar-refractivity contribution in [1.29, 1.82) is 0 Å². The molecule has 1 aliphatic carbocycles. The first-order valence-electron chi connectivity index (χ1n) is 7.40. The van der Waals surface area contributed by atoms with E-state index in [1.165, 1.54) is 6.07 Å². The van der Waals surface area contributed by atoms with E-state index in [1.807, 2.05) is 6.07 Å². The number of para-hydroxylation sites is 1. The maximum Gasteiger partial charge on any atom is 0.237 e. The van der Waals surface area contributed by atoms with Crippen LogP contribution in [-0.4, -0.2) is 34.6 Å². The molecule has 1 unspecified atom stereocenters. The number of amides is 1. The Morgan fingerprint density at radius 3 is 2.95 bits per heavy atom. The molecule has 110 valence electrons. The van der Waals surface area contributed by atoms with Gasteiger partial charge in [-0.15, -0.1) is 0 Å². The predicted octanol–water partition coefficient (Wildman–Crippen LogP) is 1.14. The zero-order valence-electron chi connectivity index (χ0n) is 11.6. The SMILES string of the molecule is O=C1NCCNC1Cc1nc2c(F)cccc2n1C1CC1. The monoisotopic (exact) mass is 288 g/mol. The Hall–Kier alpha value is -1.95. The molecule has 1 aromatic carbocycles. The summed E-state index contributed by atoms with van der Waals surface area (Å²) in [5, 5.41) is 6.05. The Labute approximate surface area is 121 Å². The molecule has 1 aliphatic heterocycles. The number of hydrogen-bond acceptors (Lipinski definition) is 3. The van der Waals surface area contributed by atoms with Gasteiger partial charge >= 0.3 is 0 Å². The average molecular weight is 288 g/mol. The predicted molar refractivity (Wildman–Crippen MR) is 76.5 cm³/mol. The number of hydrogen-bond donors (Lipinski definition) is 2. The molecule has 6 heteroatoms. The number of halogens is 1. The van der Waals surface area contributed by atoms with Crippen molar-refractivity contribution < 1.29 is 9.18 Å². The molecule has 2 N–H and O–H groups in total. The molecule has 1 amide bonds. The summed E-state index contributed by atoms with van der Waals surface area (Å²) in [6.07, 6.45) is 2.69. The zero-order chi connectivity index (χ0) is 14.4. The molecule has 21 heavy (non-hydrogen) atoms. The number of fused-ring (bicyclic) bond motifs is 1. The van der Waals surface area contributed by atoms with E-state index >= 15 is 0 Å². The van der Waals surface area contributed by atoms with Gasteiger partial charge in [0, 0.05) is 25.6 Å². The second-order valence-corrected chi connectivity index (χ2v) is 5.74. The normalized spacial score (nSPS) is 22.5. The first-order valence-corrected chi connectivity index (χ1v) is 7.40. The Morgan fingerprint density at radius 2 is 2.19 bits per heavy atom. The van der Waals surface area contributed by atoms with E-state index < -0.39 is 0 Å². The van der Waals surface area contributed by atoms with Gasteiger partial charge in [-0.2, -0.15) is 0 Å². The maximum absolute atomic E-state index is 13.9. The number of piperazine rings is 1. The molecule has 1 aromatic heterocycles. The summed E-state index contributed by atoms with van der Waals surface area (Å²) in [5.74, 6) is 0.498. The van der Waals surface area contributed by atoms with Gasteiger partial charge in [0.1, 0.15) is 11.3 Å². The first-order chi connectivity index (χ1) is 10.2. The Bertz CT molecular complexity index is 707. The van der Waals surface area contributed by atoms with E-state index in [1.54, 1.807) is 6.07 Å². The number of imidazole rings is 1. The maximum atomic E-state index is 13.9. The topological polar surface area (TPSA) is 59.0 Å². The van der Waals surface area contributed by atoms with Crippen molar-refractivity contribution in [2.45, 2.75) is 31.3 Å². The molecular weight excluding hydrogens is 271 g/mol. The van der Waals surface area contributed by atoms with Crippen LogP contribution in [0.1, 0.15) is 24.7 Å². The van der Waals surface area contributed by atoms with Gasteiger partial charge in [-0.1, -0.05) is 6.07 Å². The van der Waals surface area contributed by atoms with Crippen LogP contribution in [0.4, 0.5) is 4.39 Å². The quantitative estimate of drug-likeness (QED) is 0.890. The summed E-state index contributed by atoms with van der Waals surface area (Å²) in [7, 11) is 0. The van der Waals surface area contributed by atoms with Crippen molar-refractivity contribution in [1.82, 2.24) is 20.2 Å². The Balaban J connectivity index is 1.75. The van der Waals surface area contributed by atoms with Crippen LogP contribution in [0, 0.1) is 5.82 Å². The van der Waals surface area contributed by atoms with E-state index in [9.17, 15) is 9.18 Å². The van der Waals surface area contributed by atoms with Gasteiger partial charge in [0.25, 0.3) is 0 Å². The van der Waals surface area contributed by atoms with Crippen molar-refractivity contribution in [2.24, 2.45) is 0 Å². The molecule has 2 aromatic rings. The van der Waals surface area contributed by atoms with Crippen LogP contribution in [0.25, 0.3) is 11.0 Å². The minimum absolute atomic E-state index is 0.00359. The molecule has 5 nitrogen and oxygen atoms in total. The number of nitrogens with zero attached hydrogens (tertiary/aromatic N) is 2. The standard InChI is InChI=1S/C15H17FN4O/c16-10-2-1-3-12-14(10)19-13(20(12)9-4-5-9)8-11-15(21)18-7-6-17-11/h1-3,9,11,17H,4-8H2,(H,18,21). The van der Waals surface area contributed by atoms with Gasteiger partial charge in [-0.3, -0.25) is 4.79 Å². The van der Waals surface area contributed by atoms with Crippen LogP contribution in [0.3, 0.4) is 0 Å². The molecule has 0 spiro atoms. The third-order valence-corrected chi connectivity index (χ3v) is 4.17. The summed E-state index contributed by atoms with van der Waals surface area (Å²) < 4.78 is 16.1. The number of carbonyl (C=O) groups excluding carboxylic acids is 1. The van der Waals surface area contributed by atoms with Crippen molar-refractivity contribution in [3.63, 3.8) is 0 Å². The highest BCUT2D eigenvalue weighted by Crippen LogP contribution is 2.39. The lowest BCUT2D eigenvalue weighted by Gasteiger charge is -2.23. The number of aromatic nitrogens is 2. The van der Waals surface area contributed by atoms with Crippen molar-refractivity contribution >= 4 is 16.9 Å². The highest BCUT2D eigenvalue weighted by molar-refractivity contribution is 5.83. The largest absolute Gasteiger partial charge is 0.353 e. The smallest absolute Gasteiger partial charge is 0.237 e. The number of nitrogens with one attached hydrogen (secondary N) is 2. The van der Waals surface area contributed by atoms with Crippen LogP contribution in [-0.2, 0) is 11.2 Å². The molecule has 1 atom stereocenters. The van der Waals surface area contributed by atoms with E-state index in [2.05, 4.69) is 20.2 Å². The van der Waals surface area contributed by atoms with Gasteiger partial charge in [0.05, 0.1) is 11.6 Å². The van der Waals surface area contributed by atoms with E-state index in [4.69, 9.17) is 0 Å². The minimum Gasteiger partial charge on any atom is -0.353 e. The molecule has 2 heterocycles. The highest BCUT2D eigenvalue weighted by Gasteiger charge is 2.31. The number of carbonyl (C=O) groups is 1. The summed E-state index contributed by atoms with van der Waals surface area (Å²) in [4.78, 5) is 16.4. The van der Waals surface area contributed by atoms with Crippen LogP contribution in [0.15, 0.2) is 18.2 Å². The van der Waals surface area contributed by atoms with Crippen molar-refractivity contribution in [2.75, 3.05) is 13.1 Å². The molecule has 2 aliphatic rings. The molecule has 2 fully saturated rings. The molecule has 0 radical (unpaired) electrons. The van der Waals surface area contributed by atoms with E-state index in [-0.39, 0.29) is 17.8 Å². The minimum atomic E-state index is -0.297. The first kappa shape index (κ1) is 12.8. The lowest BCUT2D eigenvalue weighted by Crippen LogP contribution is -2.54. The Morgan fingerprint density at radius 1 is 1.33 bits per heavy atom. The molecule has 1 saturated carbocycles. The van der Waals surface area contributed by atoms with Crippen LogP contribution in [0.2, 0.25) is 0 Å². The van der Waals surface area contributed by atoms with Gasteiger partial charge < -0.3 is 15.2 Å². The molecular formula is C15H17FN4O. The van der Waals surface area contributed by atoms with Gasteiger partial charge in [0.15, 0.2) is 5.82 Å². The summed E-state index contributed by atoms with van der Waals surface area (Å²) in [6.45, 7) is 1.41. The van der Waals surface area contributed by atoms with Crippen LogP contribution >= 0.6 is 0 Å². The van der Waals surface area contributed by atoms with Gasteiger partial charge in [0.2, 0.25) is 5.91 Å². The molecule has 0 bridgehead atoms. The number of rotatable bonds is 3. The third kappa shape index (κ3) is 2.19. The second-order valence-electron chi connectivity index (χ2n) is 5.74. The molecule has 4 rings (SSSR count). The fourth-order valence-electron chi connectivity index (χ4n) is 3.01.